The zero-order valence-corrected chi connectivity index (χ0v) is 8.22. The molecule has 0 aromatic carbocycles. The summed E-state index contributed by atoms with van der Waals surface area (Å²) < 4.78 is 0. The first-order valence-corrected chi connectivity index (χ1v) is 4.52. The maximum Gasteiger partial charge on any atom is 0.180 e. The van der Waals surface area contributed by atoms with Gasteiger partial charge in [0, 0.05) is 5.38 Å². The third-order valence-corrected chi connectivity index (χ3v) is 1.72. The molecule has 3 N–H and O–H groups in total. The fraction of sp³-hybridized carbons (Fsp3) is 0.429. The predicted octanol–water partition coefficient (Wildman–Crippen LogP) is 1.95. The molecule has 1 aromatic rings. The van der Waals surface area contributed by atoms with Crippen LogP contribution in [0, 0.1) is 0 Å². The van der Waals surface area contributed by atoms with Gasteiger partial charge in [0.1, 0.15) is 11.4 Å². The van der Waals surface area contributed by atoms with Crippen molar-refractivity contribution in [3.8, 4) is 0 Å². The van der Waals surface area contributed by atoms with Gasteiger partial charge in [0.15, 0.2) is 5.13 Å². The SMILES string of the molecule is C/C(=N\O)c1csc(N)n1.CC. The second-order valence-corrected chi connectivity index (χ2v) is 2.65. The number of aromatic nitrogens is 1. The van der Waals surface area contributed by atoms with Gasteiger partial charge < -0.3 is 10.9 Å². The second kappa shape index (κ2) is 5.54. The first-order chi connectivity index (χ1) is 5.74. The van der Waals surface area contributed by atoms with Crippen LogP contribution in [0.4, 0.5) is 5.13 Å². The summed E-state index contributed by atoms with van der Waals surface area (Å²) in [5, 5.41) is 13.5. The average Bonchev–Trinajstić information content (AvgIpc) is 2.54. The van der Waals surface area contributed by atoms with Gasteiger partial charge in [0.25, 0.3) is 0 Å². The average molecular weight is 187 g/mol. The van der Waals surface area contributed by atoms with Gasteiger partial charge in [0.2, 0.25) is 0 Å². The maximum atomic E-state index is 8.31. The topological polar surface area (TPSA) is 71.5 Å². The van der Waals surface area contributed by atoms with Crippen molar-refractivity contribution >= 4 is 22.2 Å². The molecular formula is C7H13N3OS. The van der Waals surface area contributed by atoms with E-state index in [0.29, 0.717) is 16.5 Å². The van der Waals surface area contributed by atoms with Crippen molar-refractivity contribution in [1.29, 1.82) is 0 Å². The van der Waals surface area contributed by atoms with Crippen molar-refractivity contribution in [3.63, 3.8) is 0 Å². The number of hydrogen-bond donors (Lipinski definition) is 2. The molecule has 0 saturated heterocycles. The van der Waals surface area contributed by atoms with E-state index in [0.717, 1.165) is 0 Å². The summed E-state index contributed by atoms with van der Waals surface area (Å²) in [6.07, 6.45) is 0. The Hall–Kier alpha value is -1.10. The molecule has 0 atom stereocenters. The molecule has 0 saturated carbocycles. The monoisotopic (exact) mass is 187 g/mol. The molecule has 0 amide bonds. The molecule has 0 spiro atoms. The summed E-state index contributed by atoms with van der Waals surface area (Å²) in [6, 6.07) is 0. The molecule has 0 aliphatic rings. The first kappa shape index (κ1) is 10.9. The molecule has 5 heteroatoms. The van der Waals surface area contributed by atoms with Crippen LogP contribution < -0.4 is 5.73 Å². The Balaban J connectivity index is 0.000000561. The largest absolute Gasteiger partial charge is 0.411 e. The van der Waals surface area contributed by atoms with Crippen LogP contribution in [0.1, 0.15) is 26.5 Å². The van der Waals surface area contributed by atoms with E-state index in [-0.39, 0.29) is 0 Å². The number of thiazole rings is 1. The molecule has 0 radical (unpaired) electrons. The lowest BCUT2D eigenvalue weighted by molar-refractivity contribution is 0.319. The van der Waals surface area contributed by atoms with Gasteiger partial charge in [-0.25, -0.2) is 4.98 Å². The minimum Gasteiger partial charge on any atom is -0.411 e. The molecule has 0 bridgehead atoms. The molecule has 1 rings (SSSR count). The van der Waals surface area contributed by atoms with Crippen molar-refractivity contribution in [3.05, 3.63) is 11.1 Å². The van der Waals surface area contributed by atoms with Crippen LogP contribution in [0.2, 0.25) is 0 Å². The van der Waals surface area contributed by atoms with E-state index in [2.05, 4.69) is 10.1 Å². The van der Waals surface area contributed by atoms with Crippen molar-refractivity contribution in [1.82, 2.24) is 4.98 Å². The van der Waals surface area contributed by atoms with Crippen molar-refractivity contribution in [2.75, 3.05) is 5.73 Å². The van der Waals surface area contributed by atoms with Gasteiger partial charge in [-0.1, -0.05) is 19.0 Å². The number of anilines is 1. The fourth-order valence-electron chi connectivity index (χ4n) is 0.505. The van der Waals surface area contributed by atoms with E-state index < -0.39 is 0 Å². The quantitative estimate of drug-likeness (QED) is 0.401. The van der Waals surface area contributed by atoms with Gasteiger partial charge >= 0.3 is 0 Å². The van der Waals surface area contributed by atoms with Crippen LogP contribution in [0.3, 0.4) is 0 Å². The smallest absolute Gasteiger partial charge is 0.180 e. The number of hydrogen-bond acceptors (Lipinski definition) is 5. The third kappa shape index (κ3) is 2.87. The van der Waals surface area contributed by atoms with Gasteiger partial charge in [-0.3, -0.25) is 0 Å². The lowest BCUT2D eigenvalue weighted by Gasteiger charge is -1.86. The van der Waals surface area contributed by atoms with E-state index >= 15 is 0 Å². The van der Waals surface area contributed by atoms with E-state index in [9.17, 15) is 0 Å². The highest BCUT2D eigenvalue weighted by atomic mass is 32.1. The molecule has 0 aliphatic carbocycles. The van der Waals surface area contributed by atoms with Gasteiger partial charge in [-0.05, 0) is 6.92 Å². The summed E-state index contributed by atoms with van der Waals surface area (Å²) in [7, 11) is 0. The van der Waals surface area contributed by atoms with Crippen LogP contribution in [-0.4, -0.2) is 15.9 Å². The molecule has 0 aliphatic heterocycles. The molecule has 68 valence electrons. The minimum absolute atomic E-state index is 0.480. The van der Waals surface area contributed by atoms with E-state index in [1.165, 1.54) is 11.3 Å². The highest BCUT2D eigenvalue weighted by Crippen LogP contribution is 2.11. The Labute approximate surface area is 75.7 Å². The van der Waals surface area contributed by atoms with Gasteiger partial charge in [-0.15, -0.1) is 11.3 Å². The molecule has 0 unspecified atom stereocenters. The Bertz CT molecular complexity index is 257. The highest BCUT2D eigenvalue weighted by molar-refractivity contribution is 7.13. The predicted molar refractivity (Wildman–Crippen MR) is 51.9 cm³/mol. The number of rotatable bonds is 1. The third-order valence-electron chi connectivity index (χ3n) is 1.04. The molecule has 1 aromatic heterocycles. The number of nitrogens with zero attached hydrogens (tertiary/aromatic N) is 2. The first-order valence-electron chi connectivity index (χ1n) is 3.64. The van der Waals surface area contributed by atoms with Crippen LogP contribution in [0.25, 0.3) is 0 Å². The van der Waals surface area contributed by atoms with Crippen molar-refractivity contribution in [2.24, 2.45) is 5.16 Å². The Morgan fingerprint density at radius 2 is 2.25 bits per heavy atom. The standard InChI is InChI=1S/C5H7N3OS.C2H6/c1-3(8-9)4-2-10-5(6)7-4;1-2/h2,9H,1H3,(H2,6,7);1-2H3/b8-3+;. The molecule has 4 nitrogen and oxygen atoms in total. The maximum absolute atomic E-state index is 8.31. The van der Waals surface area contributed by atoms with Crippen LogP contribution >= 0.6 is 11.3 Å². The molecular weight excluding hydrogens is 174 g/mol. The summed E-state index contributed by atoms with van der Waals surface area (Å²) in [5.74, 6) is 0. The van der Waals surface area contributed by atoms with E-state index in [4.69, 9.17) is 10.9 Å². The molecule has 0 fully saturated rings. The van der Waals surface area contributed by atoms with Gasteiger partial charge in [-0.2, -0.15) is 0 Å². The summed E-state index contributed by atoms with van der Waals surface area (Å²) in [5.41, 5.74) is 6.45. The Morgan fingerprint density at radius 1 is 1.67 bits per heavy atom. The molecule has 12 heavy (non-hydrogen) atoms. The number of nitrogens with two attached hydrogens (primary N) is 1. The van der Waals surface area contributed by atoms with E-state index in [1.54, 1.807) is 12.3 Å². The second-order valence-electron chi connectivity index (χ2n) is 1.76. The van der Waals surface area contributed by atoms with Crippen molar-refractivity contribution < 1.29 is 5.21 Å². The highest BCUT2D eigenvalue weighted by Gasteiger charge is 2.00. The Morgan fingerprint density at radius 3 is 2.58 bits per heavy atom. The number of oxime groups is 1. The van der Waals surface area contributed by atoms with Crippen LogP contribution in [-0.2, 0) is 0 Å². The lowest BCUT2D eigenvalue weighted by atomic mass is 10.3. The number of nitrogen functional groups attached to an aromatic ring is 1. The molecule has 1 heterocycles. The normalized spacial score (nSPS) is 10.4. The minimum atomic E-state index is 0.480. The zero-order chi connectivity index (χ0) is 9.56. The van der Waals surface area contributed by atoms with Crippen molar-refractivity contribution in [2.45, 2.75) is 20.8 Å². The summed E-state index contributed by atoms with van der Waals surface area (Å²) >= 11 is 1.32. The fourth-order valence-corrected chi connectivity index (χ4v) is 1.11. The van der Waals surface area contributed by atoms with E-state index in [1.807, 2.05) is 13.8 Å². The van der Waals surface area contributed by atoms with Crippen LogP contribution in [0.15, 0.2) is 10.5 Å². The lowest BCUT2D eigenvalue weighted by Crippen LogP contribution is -1.94. The van der Waals surface area contributed by atoms with Crippen LogP contribution in [0.5, 0.6) is 0 Å². The zero-order valence-electron chi connectivity index (χ0n) is 7.40. The Kier molecular flexibility index (Phi) is 5.03. The van der Waals surface area contributed by atoms with Gasteiger partial charge in [0.05, 0.1) is 0 Å². The summed E-state index contributed by atoms with van der Waals surface area (Å²) in [6.45, 7) is 5.66. The summed E-state index contributed by atoms with van der Waals surface area (Å²) in [4.78, 5) is 3.89.